The predicted molar refractivity (Wildman–Crippen MR) is 77.2 cm³/mol. The van der Waals surface area contributed by atoms with E-state index in [-0.39, 0.29) is 0 Å². The molecule has 2 N–H and O–H groups in total. The second-order valence-corrected chi connectivity index (χ2v) is 5.87. The summed E-state index contributed by atoms with van der Waals surface area (Å²) in [4.78, 5) is 2.68. The highest BCUT2D eigenvalue weighted by Crippen LogP contribution is 2.39. The molecule has 1 heterocycles. The van der Waals surface area contributed by atoms with Crippen LogP contribution in [0.4, 0.5) is 5.69 Å². The lowest BCUT2D eigenvalue weighted by atomic mass is 9.96. The largest absolute Gasteiger partial charge is 0.368 e. The van der Waals surface area contributed by atoms with Gasteiger partial charge in [0.05, 0.1) is 0 Å². The van der Waals surface area contributed by atoms with Crippen LogP contribution in [0.5, 0.6) is 0 Å². The number of benzene rings is 1. The molecular formula is C16H24N2. The Hall–Kier alpha value is -1.02. The van der Waals surface area contributed by atoms with E-state index in [1.54, 1.807) is 5.56 Å². The van der Waals surface area contributed by atoms with Gasteiger partial charge >= 0.3 is 0 Å². The van der Waals surface area contributed by atoms with Crippen molar-refractivity contribution in [2.24, 2.45) is 5.73 Å². The molecular weight excluding hydrogens is 220 g/mol. The fourth-order valence-electron chi connectivity index (χ4n) is 3.62. The second kappa shape index (κ2) is 4.93. The smallest absolute Gasteiger partial charge is 0.0437 e. The summed E-state index contributed by atoms with van der Waals surface area (Å²) in [5.41, 5.74) is 10.4. The number of para-hydroxylation sites is 1. The molecule has 2 aliphatic rings. The average Bonchev–Trinajstić information content (AvgIpc) is 3.05. The average molecular weight is 244 g/mol. The zero-order valence-electron chi connectivity index (χ0n) is 11.4. The molecule has 98 valence electrons. The standard InChI is InChI=1S/C16H24N2/c1-12(11-17)15-8-4-5-13-9-10-18(16(13)15)14-6-2-3-7-14/h4-5,8,12,14H,2-3,6-7,9-11,17H2,1H3. The van der Waals surface area contributed by atoms with Crippen molar-refractivity contribution in [1.82, 2.24) is 0 Å². The fraction of sp³-hybridized carbons (Fsp3) is 0.625. The number of fused-ring (bicyclic) bond motifs is 1. The van der Waals surface area contributed by atoms with Crippen molar-refractivity contribution in [2.45, 2.75) is 51.0 Å². The van der Waals surface area contributed by atoms with Crippen molar-refractivity contribution >= 4 is 5.69 Å². The van der Waals surface area contributed by atoms with Gasteiger partial charge in [0, 0.05) is 18.3 Å². The second-order valence-electron chi connectivity index (χ2n) is 5.87. The highest BCUT2D eigenvalue weighted by atomic mass is 15.2. The molecule has 2 heteroatoms. The third-order valence-corrected chi connectivity index (χ3v) is 4.71. The molecule has 0 radical (unpaired) electrons. The van der Waals surface area contributed by atoms with Crippen molar-refractivity contribution in [1.29, 1.82) is 0 Å². The lowest BCUT2D eigenvalue weighted by Crippen LogP contribution is -2.32. The van der Waals surface area contributed by atoms with E-state index in [2.05, 4.69) is 30.0 Å². The van der Waals surface area contributed by atoms with Crippen LogP contribution in [0.2, 0.25) is 0 Å². The SMILES string of the molecule is CC(CN)c1cccc2c1N(C1CCCC1)CC2. The molecule has 1 aromatic carbocycles. The van der Waals surface area contributed by atoms with Gasteiger partial charge in [0.1, 0.15) is 0 Å². The number of hydrogen-bond donors (Lipinski definition) is 1. The Bertz CT molecular complexity index is 421. The third-order valence-electron chi connectivity index (χ3n) is 4.71. The van der Waals surface area contributed by atoms with Crippen LogP contribution in [-0.4, -0.2) is 19.1 Å². The first-order valence-electron chi connectivity index (χ1n) is 7.39. The van der Waals surface area contributed by atoms with Gasteiger partial charge in [-0.2, -0.15) is 0 Å². The molecule has 1 saturated carbocycles. The zero-order chi connectivity index (χ0) is 12.5. The number of hydrogen-bond acceptors (Lipinski definition) is 2. The Morgan fingerprint density at radius 1 is 1.33 bits per heavy atom. The normalized spacial score (nSPS) is 21.3. The van der Waals surface area contributed by atoms with Gasteiger partial charge in [-0.05, 0) is 42.9 Å². The van der Waals surface area contributed by atoms with E-state index < -0.39 is 0 Å². The minimum atomic E-state index is 0.474. The lowest BCUT2D eigenvalue weighted by Gasteiger charge is -2.30. The predicted octanol–water partition coefficient (Wildman–Crippen LogP) is 3.05. The molecule has 1 atom stereocenters. The first-order chi connectivity index (χ1) is 8.81. The Kier molecular flexibility index (Phi) is 3.29. The van der Waals surface area contributed by atoms with E-state index in [1.807, 2.05) is 0 Å². The molecule has 0 saturated heterocycles. The fourth-order valence-corrected chi connectivity index (χ4v) is 3.62. The summed E-state index contributed by atoms with van der Waals surface area (Å²) in [6.45, 7) is 4.21. The van der Waals surface area contributed by atoms with Crippen LogP contribution in [-0.2, 0) is 6.42 Å². The summed E-state index contributed by atoms with van der Waals surface area (Å²) in [5, 5.41) is 0. The van der Waals surface area contributed by atoms with Crippen LogP contribution < -0.4 is 10.6 Å². The van der Waals surface area contributed by atoms with E-state index in [4.69, 9.17) is 5.73 Å². The molecule has 0 amide bonds. The Morgan fingerprint density at radius 3 is 2.83 bits per heavy atom. The molecule has 18 heavy (non-hydrogen) atoms. The van der Waals surface area contributed by atoms with Crippen LogP contribution in [0.1, 0.15) is 49.7 Å². The first kappa shape index (κ1) is 12.0. The van der Waals surface area contributed by atoms with Crippen molar-refractivity contribution in [3.05, 3.63) is 29.3 Å². The van der Waals surface area contributed by atoms with Crippen LogP contribution >= 0.6 is 0 Å². The Balaban J connectivity index is 1.97. The van der Waals surface area contributed by atoms with Crippen molar-refractivity contribution in [3.63, 3.8) is 0 Å². The molecule has 1 fully saturated rings. The molecule has 2 nitrogen and oxygen atoms in total. The van der Waals surface area contributed by atoms with E-state index >= 15 is 0 Å². The van der Waals surface area contributed by atoms with Crippen LogP contribution in [0.15, 0.2) is 18.2 Å². The van der Waals surface area contributed by atoms with E-state index in [1.165, 1.54) is 49.9 Å². The molecule has 1 aliphatic heterocycles. The zero-order valence-corrected chi connectivity index (χ0v) is 11.4. The summed E-state index contributed by atoms with van der Waals surface area (Å²) < 4.78 is 0. The molecule has 0 spiro atoms. The lowest BCUT2D eigenvalue weighted by molar-refractivity contribution is 0.620. The van der Waals surface area contributed by atoms with Gasteiger partial charge in [0.25, 0.3) is 0 Å². The maximum atomic E-state index is 5.88. The Labute approximate surface area is 110 Å². The van der Waals surface area contributed by atoms with Gasteiger partial charge < -0.3 is 10.6 Å². The number of nitrogens with two attached hydrogens (primary N) is 1. The van der Waals surface area contributed by atoms with Gasteiger partial charge in [-0.25, -0.2) is 0 Å². The minimum Gasteiger partial charge on any atom is -0.368 e. The summed E-state index contributed by atoms with van der Waals surface area (Å²) in [7, 11) is 0. The van der Waals surface area contributed by atoms with E-state index in [0.29, 0.717) is 5.92 Å². The maximum Gasteiger partial charge on any atom is 0.0437 e. The summed E-state index contributed by atoms with van der Waals surface area (Å²) in [5.74, 6) is 0.474. The number of anilines is 1. The minimum absolute atomic E-state index is 0.474. The maximum absolute atomic E-state index is 5.88. The van der Waals surface area contributed by atoms with Gasteiger partial charge in [-0.15, -0.1) is 0 Å². The summed E-state index contributed by atoms with van der Waals surface area (Å²) >= 11 is 0. The van der Waals surface area contributed by atoms with Crippen LogP contribution in [0.3, 0.4) is 0 Å². The van der Waals surface area contributed by atoms with Crippen molar-refractivity contribution < 1.29 is 0 Å². The van der Waals surface area contributed by atoms with Gasteiger partial charge in [-0.1, -0.05) is 38.0 Å². The number of nitrogens with zero attached hydrogens (tertiary/aromatic N) is 1. The molecule has 0 aromatic heterocycles. The molecule has 3 rings (SSSR count). The number of rotatable bonds is 3. The topological polar surface area (TPSA) is 29.3 Å². The summed E-state index contributed by atoms with van der Waals surface area (Å²) in [6, 6.07) is 7.58. The van der Waals surface area contributed by atoms with Crippen molar-refractivity contribution in [3.8, 4) is 0 Å². The van der Waals surface area contributed by atoms with Gasteiger partial charge in [0.15, 0.2) is 0 Å². The molecule has 1 unspecified atom stereocenters. The highest BCUT2D eigenvalue weighted by Gasteiger charge is 2.30. The Morgan fingerprint density at radius 2 is 2.11 bits per heavy atom. The quantitative estimate of drug-likeness (QED) is 0.885. The highest BCUT2D eigenvalue weighted by molar-refractivity contribution is 5.65. The third kappa shape index (κ3) is 1.93. The van der Waals surface area contributed by atoms with E-state index in [9.17, 15) is 0 Å². The molecule has 1 aliphatic carbocycles. The van der Waals surface area contributed by atoms with E-state index in [0.717, 1.165) is 12.6 Å². The van der Waals surface area contributed by atoms with Gasteiger partial charge in [0.2, 0.25) is 0 Å². The molecule has 0 bridgehead atoms. The van der Waals surface area contributed by atoms with Crippen LogP contribution in [0.25, 0.3) is 0 Å². The van der Waals surface area contributed by atoms with Gasteiger partial charge in [-0.3, -0.25) is 0 Å². The summed E-state index contributed by atoms with van der Waals surface area (Å²) in [6.07, 6.45) is 6.79. The van der Waals surface area contributed by atoms with Crippen LogP contribution in [0, 0.1) is 0 Å². The van der Waals surface area contributed by atoms with Crippen molar-refractivity contribution in [2.75, 3.05) is 18.0 Å². The first-order valence-corrected chi connectivity index (χ1v) is 7.39. The monoisotopic (exact) mass is 244 g/mol. The molecule has 1 aromatic rings.